The average Bonchev–Trinajstić information content (AvgIpc) is 2.68. The van der Waals surface area contributed by atoms with E-state index in [-0.39, 0.29) is 12.5 Å². The van der Waals surface area contributed by atoms with Crippen LogP contribution in [-0.4, -0.2) is 31.6 Å². The highest BCUT2D eigenvalue weighted by molar-refractivity contribution is 9.10. The van der Waals surface area contributed by atoms with Crippen LogP contribution >= 0.6 is 15.9 Å². The van der Waals surface area contributed by atoms with Gasteiger partial charge in [-0.25, -0.2) is 4.79 Å². The minimum absolute atomic E-state index is 0.317. The smallest absolute Gasteiger partial charge is 0.338 e. The number of carbonyl (C=O) groups excluding carboxylic acids is 2. The van der Waals surface area contributed by atoms with Crippen LogP contribution in [0.2, 0.25) is 0 Å². The lowest BCUT2D eigenvalue weighted by Crippen LogP contribution is -2.29. The molecule has 136 valence electrons. The van der Waals surface area contributed by atoms with Gasteiger partial charge in [0.1, 0.15) is 0 Å². The molecule has 0 unspecified atom stereocenters. The molecule has 0 atom stereocenters. The zero-order valence-corrected chi connectivity index (χ0v) is 16.0. The van der Waals surface area contributed by atoms with E-state index < -0.39 is 5.97 Å². The first-order chi connectivity index (χ1) is 12.6. The summed E-state index contributed by atoms with van der Waals surface area (Å²) >= 11 is 3.30. The molecule has 1 N–H and O–H groups in total. The molecule has 6 heteroatoms. The number of esters is 1. The van der Waals surface area contributed by atoms with E-state index in [0.29, 0.717) is 11.3 Å². The van der Waals surface area contributed by atoms with E-state index in [1.54, 1.807) is 24.3 Å². The van der Waals surface area contributed by atoms with Crippen molar-refractivity contribution in [1.29, 1.82) is 0 Å². The van der Waals surface area contributed by atoms with Gasteiger partial charge >= 0.3 is 5.97 Å². The van der Waals surface area contributed by atoms with Gasteiger partial charge in [-0.15, -0.1) is 0 Å². The maximum Gasteiger partial charge on any atom is 0.338 e. The molecule has 1 amide bonds. The van der Waals surface area contributed by atoms with Gasteiger partial charge in [0, 0.05) is 28.9 Å². The SMILES string of the molecule is O=C(COC(=O)c1ccc(Br)cc1)Nc1ccc(N2CCCCC2)cc1. The van der Waals surface area contributed by atoms with Crippen LogP contribution in [0, 0.1) is 0 Å². The Hall–Kier alpha value is -2.34. The number of hydrogen-bond acceptors (Lipinski definition) is 4. The third-order valence-corrected chi connectivity index (χ3v) is 4.82. The number of halogens is 1. The number of hydrogen-bond donors (Lipinski definition) is 1. The van der Waals surface area contributed by atoms with Crippen molar-refractivity contribution in [3.05, 3.63) is 58.6 Å². The van der Waals surface area contributed by atoms with Crippen molar-refractivity contribution in [3.63, 3.8) is 0 Å². The second kappa shape index (κ2) is 8.85. The predicted molar refractivity (Wildman–Crippen MR) is 106 cm³/mol. The summed E-state index contributed by atoms with van der Waals surface area (Å²) in [7, 11) is 0. The molecule has 0 saturated carbocycles. The number of anilines is 2. The van der Waals surface area contributed by atoms with E-state index in [9.17, 15) is 9.59 Å². The third kappa shape index (κ3) is 5.08. The number of amides is 1. The molecule has 0 radical (unpaired) electrons. The normalized spacial score (nSPS) is 14.0. The van der Waals surface area contributed by atoms with Crippen LogP contribution in [0.25, 0.3) is 0 Å². The van der Waals surface area contributed by atoms with Crippen molar-refractivity contribution in [3.8, 4) is 0 Å². The van der Waals surface area contributed by atoms with Crippen LogP contribution < -0.4 is 10.2 Å². The molecule has 1 aliphatic heterocycles. The highest BCUT2D eigenvalue weighted by atomic mass is 79.9. The number of rotatable bonds is 5. The van der Waals surface area contributed by atoms with Crippen LogP contribution in [0.5, 0.6) is 0 Å². The fraction of sp³-hybridized carbons (Fsp3) is 0.300. The number of benzene rings is 2. The van der Waals surface area contributed by atoms with Gasteiger partial charge in [-0.05, 0) is 67.8 Å². The second-order valence-corrected chi connectivity index (χ2v) is 7.14. The van der Waals surface area contributed by atoms with Crippen molar-refractivity contribution in [2.24, 2.45) is 0 Å². The van der Waals surface area contributed by atoms with Gasteiger partial charge in [0.2, 0.25) is 0 Å². The van der Waals surface area contributed by atoms with Crippen molar-refractivity contribution in [2.75, 3.05) is 29.9 Å². The minimum Gasteiger partial charge on any atom is -0.452 e. The molecule has 1 aliphatic rings. The molecule has 0 spiro atoms. The van der Waals surface area contributed by atoms with Crippen molar-refractivity contribution in [1.82, 2.24) is 0 Å². The zero-order valence-electron chi connectivity index (χ0n) is 14.4. The summed E-state index contributed by atoms with van der Waals surface area (Å²) in [5, 5.41) is 2.75. The van der Waals surface area contributed by atoms with Crippen LogP contribution in [0.1, 0.15) is 29.6 Å². The Labute approximate surface area is 161 Å². The Bertz CT molecular complexity index is 754. The van der Waals surface area contributed by atoms with Crippen molar-refractivity contribution < 1.29 is 14.3 Å². The summed E-state index contributed by atoms with van der Waals surface area (Å²) in [6, 6.07) is 14.6. The molecule has 2 aromatic rings. The third-order valence-electron chi connectivity index (χ3n) is 4.29. The first-order valence-corrected chi connectivity index (χ1v) is 9.49. The number of nitrogens with zero attached hydrogens (tertiary/aromatic N) is 1. The van der Waals surface area contributed by atoms with Gasteiger partial charge in [0.25, 0.3) is 5.91 Å². The summed E-state index contributed by atoms with van der Waals surface area (Å²) in [5.41, 5.74) is 2.27. The fourth-order valence-electron chi connectivity index (χ4n) is 2.91. The van der Waals surface area contributed by atoms with Gasteiger partial charge in [0.05, 0.1) is 5.56 Å². The Morgan fingerprint density at radius 2 is 1.62 bits per heavy atom. The minimum atomic E-state index is -0.520. The molecule has 3 rings (SSSR count). The number of ether oxygens (including phenoxy) is 1. The summed E-state index contributed by atoms with van der Waals surface area (Å²) in [6.07, 6.45) is 3.74. The molecule has 1 heterocycles. The molecule has 0 bridgehead atoms. The molecule has 1 fully saturated rings. The van der Waals surface area contributed by atoms with Gasteiger partial charge < -0.3 is 15.0 Å². The second-order valence-electron chi connectivity index (χ2n) is 6.23. The molecule has 2 aromatic carbocycles. The fourth-order valence-corrected chi connectivity index (χ4v) is 3.17. The molecule has 0 aliphatic carbocycles. The number of piperidine rings is 1. The largest absolute Gasteiger partial charge is 0.452 e. The first-order valence-electron chi connectivity index (χ1n) is 8.69. The molecule has 1 saturated heterocycles. The Morgan fingerprint density at radius 3 is 2.27 bits per heavy atom. The zero-order chi connectivity index (χ0) is 18.4. The van der Waals surface area contributed by atoms with Crippen molar-refractivity contribution in [2.45, 2.75) is 19.3 Å². The molecule has 26 heavy (non-hydrogen) atoms. The van der Waals surface area contributed by atoms with E-state index in [4.69, 9.17) is 4.74 Å². The van der Waals surface area contributed by atoms with Crippen LogP contribution in [-0.2, 0) is 9.53 Å². The molecular formula is C20H21BrN2O3. The summed E-state index contributed by atoms with van der Waals surface area (Å²) < 4.78 is 5.92. The van der Waals surface area contributed by atoms with Gasteiger partial charge in [-0.3, -0.25) is 4.79 Å². The monoisotopic (exact) mass is 416 g/mol. The number of nitrogens with one attached hydrogen (secondary N) is 1. The summed E-state index contributed by atoms with van der Waals surface area (Å²) in [4.78, 5) is 26.2. The topological polar surface area (TPSA) is 58.6 Å². The predicted octanol–water partition coefficient (Wildman–Crippen LogP) is 4.23. The lowest BCUT2D eigenvalue weighted by atomic mass is 10.1. The van der Waals surface area contributed by atoms with E-state index >= 15 is 0 Å². The van der Waals surface area contributed by atoms with Crippen molar-refractivity contribution >= 4 is 39.2 Å². The Kier molecular flexibility index (Phi) is 6.28. The maximum absolute atomic E-state index is 12.0. The summed E-state index contributed by atoms with van der Waals surface area (Å²) in [6.45, 7) is 1.85. The van der Waals surface area contributed by atoms with E-state index in [2.05, 4.69) is 26.1 Å². The van der Waals surface area contributed by atoms with Gasteiger partial charge in [0.15, 0.2) is 6.61 Å². The van der Waals surface area contributed by atoms with Crippen LogP contribution in [0.4, 0.5) is 11.4 Å². The molecular weight excluding hydrogens is 396 g/mol. The van der Waals surface area contributed by atoms with E-state index in [0.717, 1.165) is 17.6 Å². The standard InChI is InChI=1S/C20H21BrN2O3/c21-16-6-4-15(5-7-16)20(25)26-14-19(24)22-17-8-10-18(11-9-17)23-12-2-1-3-13-23/h4-11H,1-3,12-14H2,(H,22,24). The Morgan fingerprint density at radius 1 is 0.962 bits per heavy atom. The van der Waals surface area contributed by atoms with Gasteiger partial charge in [-0.2, -0.15) is 0 Å². The lowest BCUT2D eigenvalue weighted by Gasteiger charge is -2.28. The quantitative estimate of drug-likeness (QED) is 0.740. The lowest BCUT2D eigenvalue weighted by molar-refractivity contribution is -0.119. The number of carbonyl (C=O) groups is 2. The summed E-state index contributed by atoms with van der Waals surface area (Å²) in [5.74, 6) is -0.880. The Balaban J connectivity index is 1.48. The van der Waals surface area contributed by atoms with Gasteiger partial charge in [-0.1, -0.05) is 15.9 Å². The van der Waals surface area contributed by atoms with Crippen LogP contribution in [0.3, 0.4) is 0 Å². The van der Waals surface area contributed by atoms with E-state index in [1.165, 1.54) is 24.9 Å². The average molecular weight is 417 g/mol. The maximum atomic E-state index is 12.0. The highest BCUT2D eigenvalue weighted by Gasteiger charge is 2.12. The molecule has 5 nitrogen and oxygen atoms in total. The van der Waals surface area contributed by atoms with Crippen LogP contribution in [0.15, 0.2) is 53.0 Å². The first kappa shape index (κ1) is 18.5. The van der Waals surface area contributed by atoms with E-state index in [1.807, 2.05) is 24.3 Å². The highest BCUT2D eigenvalue weighted by Crippen LogP contribution is 2.21. The molecule has 0 aromatic heterocycles.